The van der Waals surface area contributed by atoms with Gasteiger partial charge in [-0.3, -0.25) is 4.79 Å². The van der Waals surface area contributed by atoms with Crippen LogP contribution in [0.3, 0.4) is 0 Å². The van der Waals surface area contributed by atoms with Crippen LogP contribution < -0.4 is 10.6 Å². The maximum Gasteiger partial charge on any atom is 0.254 e. The van der Waals surface area contributed by atoms with E-state index in [0.717, 1.165) is 12.1 Å². The van der Waals surface area contributed by atoms with E-state index >= 15 is 0 Å². The van der Waals surface area contributed by atoms with Gasteiger partial charge in [-0.15, -0.1) is 0 Å². The van der Waals surface area contributed by atoms with Crippen LogP contribution in [0, 0.1) is 17.5 Å². The summed E-state index contributed by atoms with van der Waals surface area (Å²) in [5, 5.41) is 6.19. The Balaban J connectivity index is 2.17. The van der Waals surface area contributed by atoms with Crippen molar-refractivity contribution in [2.45, 2.75) is 57.7 Å². The summed E-state index contributed by atoms with van der Waals surface area (Å²) in [6, 6.07) is 1.54. The highest BCUT2D eigenvalue weighted by atomic mass is 19.2. The summed E-state index contributed by atoms with van der Waals surface area (Å²) in [7, 11) is 0. The molecular weight excluding hydrogens is 293 g/mol. The normalized spacial score (nSPS) is 20.7. The van der Waals surface area contributed by atoms with E-state index in [1.165, 1.54) is 0 Å². The number of hydrogen-bond acceptors (Lipinski definition) is 2. The molecule has 1 fully saturated rings. The smallest absolute Gasteiger partial charge is 0.254 e. The van der Waals surface area contributed by atoms with Crippen LogP contribution in [0.15, 0.2) is 12.1 Å². The third-order valence-corrected chi connectivity index (χ3v) is 3.81. The first-order valence-electron chi connectivity index (χ1n) is 7.24. The van der Waals surface area contributed by atoms with Crippen molar-refractivity contribution in [1.82, 2.24) is 10.6 Å². The molecule has 1 heterocycles. The highest BCUT2D eigenvalue weighted by Crippen LogP contribution is 2.28. The first-order chi connectivity index (χ1) is 10.0. The number of piperidine rings is 1. The van der Waals surface area contributed by atoms with E-state index in [1.54, 1.807) is 0 Å². The Kier molecular flexibility index (Phi) is 4.26. The average Bonchev–Trinajstić information content (AvgIpc) is 2.31. The van der Waals surface area contributed by atoms with E-state index in [4.69, 9.17) is 0 Å². The standard InChI is InChI=1S/C16H21F3N2O/c1-15(2)7-9(8-16(3,4)21-15)20-14(22)10-5-6-11(17)13(19)12(10)18/h5-6,9,21H,7-8H2,1-4H3,(H,20,22). The number of nitrogens with one attached hydrogen (secondary N) is 2. The molecule has 122 valence electrons. The van der Waals surface area contributed by atoms with Crippen LogP contribution >= 0.6 is 0 Å². The fourth-order valence-corrected chi connectivity index (χ4v) is 3.39. The molecule has 22 heavy (non-hydrogen) atoms. The Morgan fingerprint density at radius 2 is 1.64 bits per heavy atom. The second-order valence-corrected chi connectivity index (χ2v) is 7.19. The Morgan fingerprint density at radius 1 is 1.09 bits per heavy atom. The number of amides is 1. The van der Waals surface area contributed by atoms with Gasteiger partial charge >= 0.3 is 0 Å². The van der Waals surface area contributed by atoms with Crippen molar-refractivity contribution in [3.63, 3.8) is 0 Å². The van der Waals surface area contributed by atoms with Gasteiger partial charge in [0.05, 0.1) is 5.56 Å². The summed E-state index contributed by atoms with van der Waals surface area (Å²) in [6.45, 7) is 8.08. The zero-order valence-electron chi connectivity index (χ0n) is 13.2. The molecule has 2 N–H and O–H groups in total. The molecule has 1 aromatic carbocycles. The van der Waals surface area contributed by atoms with Gasteiger partial charge in [-0.1, -0.05) is 0 Å². The van der Waals surface area contributed by atoms with Crippen molar-refractivity contribution in [1.29, 1.82) is 0 Å². The Labute approximate surface area is 128 Å². The largest absolute Gasteiger partial charge is 0.349 e. The predicted octanol–water partition coefficient (Wildman–Crippen LogP) is 3.14. The van der Waals surface area contributed by atoms with Gasteiger partial charge in [-0.05, 0) is 52.7 Å². The maximum atomic E-state index is 13.7. The van der Waals surface area contributed by atoms with Crippen LogP contribution in [-0.2, 0) is 0 Å². The summed E-state index contributed by atoms with van der Waals surface area (Å²) in [5.74, 6) is -5.11. The fraction of sp³-hybridized carbons (Fsp3) is 0.562. The lowest BCUT2D eigenvalue weighted by Crippen LogP contribution is -2.62. The topological polar surface area (TPSA) is 41.1 Å². The van der Waals surface area contributed by atoms with E-state index in [0.29, 0.717) is 12.8 Å². The molecule has 1 aliphatic rings. The quantitative estimate of drug-likeness (QED) is 0.824. The molecule has 0 aromatic heterocycles. The van der Waals surface area contributed by atoms with Gasteiger partial charge in [-0.25, -0.2) is 13.2 Å². The maximum absolute atomic E-state index is 13.7. The lowest BCUT2D eigenvalue weighted by atomic mass is 9.79. The molecule has 0 atom stereocenters. The number of hydrogen-bond donors (Lipinski definition) is 2. The molecule has 1 saturated heterocycles. The highest BCUT2D eigenvalue weighted by Gasteiger charge is 2.38. The first kappa shape index (κ1) is 16.8. The number of benzene rings is 1. The Bertz CT molecular complexity index is 583. The minimum absolute atomic E-state index is 0.175. The summed E-state index contributed by atoms with van der Waals surface area (Å²) in [6.07, 6.45) is 1.32. The summed E-state index contributed by atoms with van der Waals surface area (Å²) < 4.78 is 39.8. The van der Waals surface area contributed by atoms with Crippen LogP contribution in [0.1, 0.15) is 50.9 Å². The number of carbonyl (C=O) groups excluding carboxylic acids is 1. The van der Waals surface area contributed by atoms with Crippen LogP contribution in [0.4, 0.5) is 13.2 Å². The van der Waals surface area contributed by atoms with E-state index < -0.39 is 28.9 Å². The molecule has 3 nitrogen and oxygen atoms in total. The second-order valence-electron chi connectivity index (χ2n) is 7.19. The van der Waals surface area contributed by atoms with Crippen LogP contribution in [0.2, 0.25) is 0 Å². The molecular formula is C16H21F3N2O. The molecule has 1 amide bonds. The van der Waals surface area contributed by atoms with Crippen molar-refractivity contribution in [3.8, 4) is 0 Å². The Hall–Kier alpha value is -1.56. The van der Waals surface area contributed by atoms with Gasteiger partial charge in [0.15, 0.2) is 17.5 Å². The molecule has 0 spiro atoms. The van der Waals surface area contributed by atoms with Crippen molar-refractivity contribution in [2.75, 3.05) is 0 Å². The fourth-order valence-electron chi connectivity index (χ4n) is 3.39. The van der Waals surface area contributed by atoms with Gasteiger partial charge in [0.25, 0.3) is 5.91 Å². The van der Waals surface area contributed by atoms with E-state index in [9.17, 15) is 18.0 Å². The van der Waals surface area contributed by atoms with Gasteiger partial charge < -0.3 is 10.6 Å². The summed E-state index contributed by atoms with van der Waals surface area (Å²) >= 11 is 0. The lowest BCUT2D eigenvalue weighted by Gasteiger charge is -2.46. The third-order valence-electron chi connectivity index (χ3n) is 3.81. The zero-order chi connectivity index (χ0) is 16.7. The number of halogens is 3. The van der Waals surface area contributed by atoms with Crippen LogP contribution in [0.25, 0.3) is 0 Å². The molecule has 1 aromatic rings. The monoisotopic (exact) mass is 314 g/mol. The molecule has 6 heteroatoms. The highest BCUT2D eigenvalue weighted by molar-refractivity contribution is 5.94. The van der Waals surface area contributed by atoms with E-state index in [-0.39, 0.29) is 17.1 Å². The van der Waals surface area contributed by atoms with Crippen molar-refractivity contribution >= 4 is 5.91 Å². The van der Waals surface area contributed by atoms with Gasteiger partial charge in [0, 0.05) is 17.1 Å². The number of carbonyl (C=O) groups is 1. The van der Waals surface area contributed by atoms with Gasteiger partial charge in [-0.2, -0.15) is 0 Å². The van der Waals surface area contributed by atoms with E-state index in [1.807, 2.05) is 27.7 Å². The second kappa shape index (κ2) is 5.57. The summed E-state index contributed by atoms with van der Waals surface area (Å²) in [4.78, 5) is 12.2. The average molecular weight is 314 g/mol. The zero-order valence-corrected chi connectivity index (χ0v) is 13.2. The lowest BCUT2D eigenvalue weighted by molar-refractivity contribution is 0.0868. The molecule has 0 radical (unpaired) electrons. The summed E-state index contributed by atoms with van der Waals surface area (Å²) in [5.41, 5.74) is -0.855. The molecule has 2 rings (SSSR count). The number of rotatable bonds is 2. The van der Waals surface area contributed by atoms with E-state index in [2.05, 4.69) is 10.6 Å². The minimum Gasteiger partial charge on any atom is -0.349 e. The molecule has 0 unspecified atom stereocenters. The third kappa shape index (κ3) is 3.61. The molecule has 0 aliphatic carbocycles. The van der Waals surface area contributed by atoms with Crippen LogP contribution in [0.5, 0.6) is 0 Å². The van der Waals surface area contributed by atoms with Crippen molar-refractivity contribution in [3.05, 3.63) is 35.1 Å². The Morgan fingerprint density at radius 3 is 2.18 bits per heavy atom. The molecule has 0 saturated carbocycles. The van der Waals surface area contributed by atoms with Crippen molar-refractivity contribution in [2.24, 2.45) is 0 Å². The van der Waals surface area contributed by atoms with Gasteiger partial charge in [0.2, 0.25) is 0 Å². The van der Waals surface area contributed by atoms with Crippen LogP contribution in [-0.4, -0.2) is 23.0 Å². The van der Waals surface area contributed by atoms with Gasteiger partial charge in [0.1, 0.15) is 0 Å². The minimum atomic E-state index is -1.63. The van der Waals surface area contributed by atoms with Crippen molar-refractivity contribution < 1.29 is 18.0 Å². The molecule has 0 bridgehead atoms. The predicted molar refractivity (Wildman–Crippen MR) is 78.1 cm³/mol. The molecule has 1 aliphatic heterocycles. The SMILES string of the molecule is CC1(C)CC(NC(=O)c2ccc(F)c(F)c2F)CC(C)(C)N1. The first-order valence-corrected chi connectivity index (χ1v) is 7.24.